The molecule has 1 atom stereocenters. The van der Waals surface area contributed by atoms with E-state index in [1.807, 2.05) is 0 Å². The van der Waals surface area contributed by atoms with E-state index in [-0.39, 0.29) is 0 Å². The first-order valence-corrected chi connectivity index (χ1v) is 5.85. The van der Waals surface area contributed by atoms with Crippen LogP contribution in [0.4, 0.5) is 5.95 Å². The predicted octanol–water partition coefficient (Wildman–Crippen LogP) is 2.06. The van der Waals surface area contributed by atoms with Gasteiger partial charge in [0.05, 0.1) is 5.56 Å². The Hall–Kier alpha value is -1.45. The fraction of sp³-hybridized carbons (Fsp3) is 0.583. The zero-order valence-corrected chi connectivity index (χ0v) is 9.59. The highest BCUT2D eigenvalue weighted by Crippen LogP contribution is 2.20. The second-order valence-electron chi connectivity index (χ2n) is 4.33. The number of rotatable bonds is 2. The van der Waals surface area contributed by atoms with Crippen LogP contribution in [0.3, 0.4) is 0 Å². The minimum Gasteiger partial charge on any atom is -0.338 e. The molecule has 0 amide bonds. The van der Waals surface area contributed by atoms with Crippen LogP contribution >= 0.6 is 0 Å². The molecule has 4 heteroatoms. The average Bonchev–Trinajstić information content (AvgIpc) is 2.54. The first-order chi connectivity index (χ1) is 7.81. The zero-order chi connectivity index (χ0) is 11.4. The van der Waals surface area contributed by atoms with Gasteiger partial charge < -0.3 is 4.90 Å². The number of hydrogen-bond acceptors (Lipinski definition) is 4. The maximum absolute atomic E-state index is 10.5. The van der Waals surface area contributed by atoms with Crippen molar-refractivity contribution in [3.8, 4) is 0 Å². The van der Waals surface area contributed by atoms with E-state index in [4.69, 9.17) is 0 Å². The molecular formula is C12H17N3O. The van der Waals surface area contributed by atoms with Gasteiger partial charge in [0.25, 0.3) is 0 Å². The van der Waals surface area contributed by atoms with E-state index in [2.05, 4.69) is 21.8 Å². The summed E-state index contributed by atoms with van der Waals surface area (Å²) in [5.74, 6) is 0.750. The van der Waals surface area contributed by atoms with Crippen molar-refractivity contribution in [3.05, 3.63) is 18.0 Å². The number of carbonyl (C=O) groups excluding carboxylic acids is 1. The molecule has 1 fully saturated rings. The van der Waals surface area contributed by atoms with E-state index in [1.165, 1.54) is 25.7 Å². The molecule has 0 spiro atoms. The van der Waals surface area contributed by atoms with E-state index < -0.39 is 0 Å². The molecule has 1 aliphatic heterocycles. The Bertz CT molecular complexity index is 350. The predicted molar refractivity (Wildman–Crippen MR) is 62.7 cm³/mol. The van der Waals surface area contributed by atoms with Gasteiger partial charge in [-0.3, -0.25) is 4.79 Å². The van der Waals surface area contributed by atoms with Crippen molar-refractivity contribution < 1.29 is 4.79 Å². The van der Waals surface area contributed by atoms with Gasteiger partial charge in [0.15, 0.2) is 6.29 Å². The maximum atomic E-state index is 10.5. The van der Waals surface area contributed by atoms with Gasteiger partial charge in [-0.25, -0.2) is 9.97 Å². The summed E-state index contributed by atoms with van der Waals surface area (Å²) in [6, 6.07) is 0.490. The van der Waals surface area contributed by atoms with Gasteiger partial charge in [0.1, 0.15) is 0 Å². The van der Waals surface area contributed by atoms with Gasteiger partial charge in [-0.1, -0.05) is 12.8 Å². The average molecular weight is 219 g/mol. The number of anilines is 1. The molecule has 16 heavy (non-hydrogen) atoms. The molecule has 1 unspecified atom stereocenters. The van der Waals surface area contributed by atoms with E-state index >= 15 is 0 Å². The van der Waals surface area contributed by atoms with Crippen molar-refractivity contribution >= 4 is 12.2 Å². The van der Waals surface area contributed by atoms with Crippen molar-refractivity contribution in [1.29, 1.82) is 0 Å². The van der Waals surface area contributed by atoms with Crippen LogP contribution < -0.4 is 4.90 Å². The number of aldehydes is 1. The largest absolute Gasteiger partial charge is 0.338 e. The topological polar surface area (TPSA) is 46.1 Å². The lowest BCUT2D eigenvalue weighted by atomic mass is 10.1. The van der Waals surface area contributed by atoms with Gasteiger partial charge in [0.2, 0.25) is 5.95 Å². The quantitative estimate of drug-likeness (QED) is 0.714. The summed E-state index contributed by atoms with van der Waals surface area (Å²) in [5, 5.41) is 0. The first-order valence-electron chi connectivity index (χ1n) is 5.85. The Morgan fingerprint density at radius 2 is 2.06 bits per heavy atom. The Kier molecular flexibility index (Phi) is 3.49. The third-order valence-electron chi connectivity index (χ3n) is 3.10. The zero-order valence-electron chi connectivity index (χ0n) is 9.59. The number of carbonyl (C=O) groups is 1. The number of aromatic nitrogens is 2. The summed E-state index contributed by atoms with van der Waals surface area (Å²) in [7, 11) is 0. The molecule has 1 aliphatic rings. The smallest absolute Gasteiger partial charge is 0.225 e. The fourth-order valence-electron chi connectivity index (χ4n) is 2.11. The van der Waals surface area contributed by atoms with E-state index in [0.717, 1.165) is 18.8 Å². The SMILES string of the molecule is CC1CCCCCN1c1ncc(C=O)cn1. The molecule has 1 saturated heterocycles. The lowest BCUT2D eigenvalue weighted by Crippen LogP contribution is -2.33. The van der Waals surface area contributed by atoms with Crippen LogP contribution in [0.15, 0.2) is 12.4 Å². The third-order valence-corrected chi connectivity index (χ3v) is 3.10. The van der Waals surface area contributed by atoms with Gasteiger partial charge in [-0.15, -0.1) is 0 Å². The van der Waals surface area contributed by atoms with Crippen LogP contribution in [0.25, 0.3) is 0 Å². The van der Waals surface area contributed by atoms with Crippen molar-refractivity contribution in [3.63, 3.8) is 0 Å². The molecule has 4 nitrogen and oxygen atoms in total. The molecule has 0 aliphatic carbocycles. The minimum atomic E-state index is 0.490. The van der Waals surface area contributed by atoms with Crippen LogP contribution in [0.5, 0.6) is 0 Å². The molecule has 0 bridgehead atoms. The van der Waals surface area contributed by atoms with Crippen LogP contribution in [0, 0.1) is 0 Å². The summed E-state index contributed by atoms with van der Waals surface area (Å²) in [5.41, 5.74) is 0.534. The standard InChI is InChI=1S/C12H17N3O/c1-10-5-3-2-4-6-15(10)12-13-7-11(9-16)8-14-12/h7-10H,2-6H2,1H3. The highest BCUT2D eigenvalue weighted by molar-refractivity contribution is 5.73. The van der Waals surface area contributed by atoms with Crippen molar-refractivity contribution in [2.45, 2.75) is 38.6 Å². The first kappa shape index (κ1) is 11.0. The normalized spacial score (nSPS) is 21.6. The van der Waals surface area contributed by atoms with Crippen LogP contribution in [-0.4, -0.2) is 28.8 Å². The summed E-state index contributed by atoms with van der Waals surface area (Å²) < 4.78 is 0. The number of nitrogens with zero attached hydrogens (tertiary/aromatic N) is 3. The molecule has 1 aromatic rings. The van der Waals surface area contributed by atoms with Crippen molar-refractivity contribution in [2.75, 3.05) is 11.4 Å². The highest BCUT2D eigenvalue weighted by atomic mass is 16.1. The Morgan fingerprint density at radius 1 is 1.31 bits per heavy atom. The Labute approximate surface area is 95.7 Å². The summed E-state index contributed by atoms with van der Waals surface area (Å²) in [4.78, 5) is 21.3. The molecule has 0 radical (unpaired) electrons. The van der Waals surface area contributed by atoms with Gasteiger partial charge in [0, 0.05) is 25.0 Å². The van der Waals surface area contributed by atoms with E-state index in [1.54, 1.807) is 12.4 Å². The highest BCUT2D eigenvalue weighted by Gasteiger charge is 2.18. The van der Waals surface area contributed by atoms with E-state index in [0.29, 0.717) is 11.6 Å². The van der Waals surface area contributed by atoms with Crippen molar-refractivity contribution in [2.24, 2.45) is 0 Å². The lowest BCUT2D eigenvalue weighted by molar-refractivity contribution is 0.112. The fourth-order valence-corrected chi connectivity index (χ4v) is 2.11. The molecule has 86 valence electrons. The Morgan fingerprint density at radius 3 is 2.75 bits per heavy atom. The monoisotopic (exact) mass is 219 g/mol. The second-order valence-corrected chi connectivity index (χ2v) is 4.33. The van der Waals surface area contributed by atoms with Crippen LogP contribution in [0.2, 0.25) is 0 Å². The Balaban J connectivity index is 2.17. The minimum absolute atomic E-state index is 0.490. The number of hydrogen-bond donors (Lipinski definition) is 0. The maximum Gasteiger partial charge on any atom is 0.225 e. The molecule has 1 aromatic heterocycles. The summed E-state index contributed by atoms with van der Waals surface area (Å²) in [6.07, 6.45) is 8.91. The van der Waals surface area contributed by atoms with Gasteiger partial charge in [-0.05, 0) is 19.8 Å². The van der Waals surface area contributed by atoms with Crippen molar-refractivity contribution in [1.82, 2.24) is 9.97 Å². The molecule has 2 rings (SSSR count). The lowest BCUT2D eigenvalue weighted by Gasteiger charge is -2.26. The summed E-state index contributed by atoms with van der Waals surface area (Å²) in [6.45, 7) is 3.23. The third kappa shape index (κ3) is 2.38. The summed E-state index contributed by atoms with van der Waals surface area (Å²) >= 11 is 0. The molecule has 0 aromatic carbocycles. The molecule has 0 N–H and O–H groups in total. The molecule has 2 heterocycles. The molecule has 0 saturated carbocycles. The van der Waals surface area contributed by atoms with Crippen LogP contribution in [0.1, 0.15) is 43.0 Å². The second kappa shape index (κ2) is 5.05. The van der Waals surface area contributed by atoms with Gasteiger partial charge >= 0.3 is 0 Å². The molecular weight excluding hydrogens is 202 g/mol. The van der Waals surface area contributed by atoms with E-state index in [9.17, 15) is 4.79 Å². The van der Waals surface area contributed by atoms with Gasteiger partial charge in [-0.2, -0.15) is 0 Å². The van der Waals surface area contributed by atoms with Crippen LogP contribution in [-0.2, 0) is 0 Å².